The molecule has 3 heterocycles. The molecule has 2 aromatic heterocycles. The number of hydrogen-bond acceptors (Lipinski definition) is 5. The molecule has 1 fully saturated rings. The molecule has 1 N–H and O–H groups in total. The number of carbonyl (C=O) groups excluding carboxylic acids is 1. The maximum Gasteiger partial charge on any atom is 0.357 e. The standard InChI is InChI=1S/C21H24N4O3/c1-13-9-10-24(28-21(27)16-7-5-4-6-8-16)18(11-13)17-12-19-22-15(3)14(2)20(26)25(19)23-17/h4-8,12-13,18,22H,9-11H2,1-3H3. The molecule has 0 aliphatic carbocycles. The zero-order valence-electron chi connectivity index (χ0n) is 16.3. The van der Waals surface area contributed by atoms with Crippen LogP contribution in [0, 0.1) is 19.8 Å². The zero-order chi connectivity index (χ0) is 19.8. The summed E-state index contributed by atoms with van der Waals surface area (Å²) in [6.07, 6.45) is 1.74. The number of aryl methyl sites for hydroxylation is 1. The molecule has 1 aliphatic rings. The van der Waals surface area contributed by atoms with Crippen molar-refractivity contribution in [3.8, 4) is 0 Å². The van der Waals surface area contributed by atoms with Crippen molar-refractivity contribution in [1.29, 1.82) is 0 Å². The molecule has 1 aliphatic heterocycles. The van der Waals surface area contributed by atoms with Gasteiger partial charge < -0.3 is 9.82 Å². The van der Waals surface area contributed by atoms with Crippen LogP contribution in [-0.4, -0.2) is 32.2 Å². The van der Waals surface area contributed by atoms with Crippen molar-refractivity contribution in [3.63, 3.8) is 0 Å². The van der Waals surface area contributed by atoms with E-state index in [1.165, 1.54) is 4.52 Å². The van der Waals surface area contributed by atoms with Crippen molar-refractivity contribution in [2.24, 2.45) is 5.92 Å². The molecule has 0 radical (unpaired) electrons. The molecule has 0 saturated carbocycles. The number of rotatable bonds is 3. The highest BCUT2D eigenvalue weighted by atomic mass is 16.7. The second kappa shape index (κ2) is 7.24. The lowest BCUT2D eigenvalue weighted by Crippen LogP contribution is -2.38. The van der Waals surface area contributed by atoms with E-state index in [2.05, 4.69) is 17.0 Å². The smallest absolute Gasteiger partial charge is 0.357 e. The molecule has 7 heteroatoms. The number of nitrogens with zero attached hydrogens (tertiary/aromatic N) is 3. The summed E-state index contributed by atoms with van der Waals surface area (Å²) in [6.45, 7) is 6.47. The Bertz CT molecular complexity index is 1070. The van der Waals surface area contributed by atoms with Crippen LogP contribution in [0.3, 0.4) is 0 Å². The van der Waals surface area contributed by atoms with Crippen LogP contribution in [0.2, 0.25) is 0 Å². The van der Waals surface area contributed by atoms with Crippen molar-refractivity contribution >= 4 is 11.6 Å². The van der Waals surface area contributed by atoms with Crippen molar-refractivity contribution in [2.75, 3.05) is 6.54 Å². The number of carbonyl (C=O) groups is 1. The summed E-state index contributed by atoms with van der Waals surface area (Å²) in [7, 11) is 0. The van der Waals surface area contributed by atoms with Gasteiger partial charge in [0.15, 0.2) is 0 Å². The summed E-state index contributed by atoms with van der Waals surface area (Å²) in [5.74, 6) is 0.0901. The molecule has 3 aromatic rings. The third-order valence-electron chi connectivity index (χ3n) is 5.49. The number of piperidine rings is 1. The molecular weight excluding hydrogens is 356 g/mol. The van der Waals surface area contributed by atoms with E-state index in [-0.39, 0.29) is 17.6 Å². The predicted molar refractivity (Wildman–Crippen MR) is 105 cm³/mol. The van der Waals surface area contributed by atoms with E-state index in [0.29, 0.717) is 29.2 Å². The summed E-state index contributed by atoms with van der Waals surface area (Å²) in [6, 6.07) is 10.6. The SMILES string of the molecule is Cc1[nH]c2cc(C3CC(C)CCN3OC(=O)c3ccccc3)nn2c(=O)c1C. The van der Waals surface area contributed by atoms with E-state index in [0.717, 1.165) is 24.2 Å². The number of H-pyrrole nitrogens is 1. The van der Waals surface area contributed by atoms with Crippen molar-refractivity contribution in [1.82, 2.24) is 19.7 Å². The minimum absolute atomic E-state index is 0.130. The van der Waals surface area contributed by atoms with Gasteiger partial charge in [-0.2, -0.15) is 9.61 Å². The monoisotopic (exact) mass is 380 g/mol. The number of fused-ring (bicyclic) bond motifs is 1. The Labute approximate surface area is 162 Å². The zero-order valence-corrected chi connectivity index (χ0v) is 16.3. The van der Waals surface area contributed by atoms with Gasteiger partial charge in [-0.05, 0) is 44.7 Å². The Morgan fingerprint density at radius 2 is 2.00 bits per heavy atom. The van der Waals surface area contributed by atoms with Crippen molar-refractivity contribution in [3.05, 3.63) is 69.3 Å². The molecule has 2 unspecified atom stereocenters. The van der Waals surface area contributed by atoms with E-state index in [9.17, 15) is 9.59 Å². The number of aromatic nitrogens is 3. The molecule has 0 bridgehead atoms. The largest absolute Gasteiger partial charge is 0.363 e. The Morgan fingerprint density at radius 1 is 1.25 bits per heavy atom. The number of hydrogen-bond donors (Lipinski definition) is 1. The van der Waals surface area contributed by atoms with Gasteiger partial charge in [-0.3, -0.25) is 4.79 Å². The first-order valence-electron chi connectivity index (χ1n) is 9.57. The lowest BCUT2D eigenvalue weighted by molar-refractivity contribution is -0.160. The summed E-state index contributed by atoms with van der Waals surface area (Å²) >= 11 is 0. The first-order valence-corrected chi connectivity index (χ1v) is 9.57. The second-order valence-corrected chi connectivity index (χ2v) is 7.58. The molecule has 1 aromatic carbocycles. The normalized spacial score (nSPS) is 20.4. The molecule has 1 saturated heterocycles. The highest BCUT2D eigenvalue weighted by molar-refractivity contribution is 5.89. The Balaban J connectivity index is 1.67. The number of hydroxylamine groups is 2. The van der Waals surface area contributed by atoms with Crippen molar-refractivity contribution < 1.29 is 9.63 Å². The molecule has 0 amide bonds. The van der Waals surface area contributed by atoms with Crippen LogP contribution in [0.15, 0.2) is 41.2 Å². The van der Waals surface area contributed by atoms with Crippen LogP contribution < -0.4 is 5.56 Å². The highest BCUT2D eigenvalue weighted by Gasteiger charge is 2.33. The molecule has 7 nitrogen and oxygen atoms in total. The lowest BCUT2D eigenvalue weighted by atomic mass is 9.92. The Kier molecular flexibility index (Phi) is 4.77. The van der Waals surface area contributed by atoms with Gasteiger partial charge in [-0.15, -0.1) is 5.06 Å². The average molecular weight is 380 g/mol. The molecule has 0 spiro atoms. The molecular formula is C21H24N4O3. The van der Waals surface area contributed by atoms with Crippen LogP contribution in [-0.2, 0) is 4.84 Å². The van der Waals surface area contributed by atoms with Gasteiger partial charge in [0.05, 0.1) is 17.3 Å². The number of nitrogens with one attached hydrogen (secondary N) is 1. The topological polar surface area (TPSA) is 79.7 Å². The number of benzene rings is 1. The Morgan fingerprint density at radius 3 is 2.75 bits per heavy atom. The third-order valence-corrected chi connectivity index (χ3v) is 5.49. The summed E-state index contributed by atoms with van der Waals surface area (Å²) in [5.41, 5.74) is 3.23. The van der Waals surface area contributed by atoms with Crippen LogP contribution >= 0.6 is 0 Å². The van der Waals surface area contributed by atoms with E-state index >= 15 is 0 Å². The van der Waals surface area contributed by atoms with Crippen LogP contribution in [0.5, 0.6) is 0 Å². The predicted octanol–water partition coefficient (Wildman–Crippen LogP) is 3.18. The van der Waals surface area contributed by atoms with Crippen molar-refractivity contribution in [2.45, 2.75) is 39.7 Å². The molecule has 28 heavy (non-hydrogen) atoms. The summed E-state index contributed by atoms with van der Waals surface area (Å²) in [4.78, 5) is 34.0. The fraction of sp³-hybridized carbons (Fsp3) is 0.381. The van der Waals surface area contributed by atoms with Gasteiger partial charge in [-0.1, -0.05) is 25.1 Å². The third kappa shape index (κ3) is 3.33. The van der Waals surface area contributed by atoms with E-state index in [1.807, 2.05) is 31.2 Å². The first-order chi connectivity index (χ1) is 13.4. The first kappa shape index (κ1) is 18.4. The fourth-order valence-electron chi connectivity index (χ4n) is 3.64. The van der Waals surface area contributed by atoms with E-state index in [1.54, 1.807) is 24.1 Å². The van der Waals surface area contributed by atoms with Gasteiger partial charge in [0, 0.05) is 23.9 Å². The average Bonchev–Trinajstić information content (AvgIpc) is 3.12. The molecule has 4 rings (SSSR count). The maximum atomic E-state index is 12.5. The van der Waals surface area contributed by atoms with Crippen LogP contribution in [0.4, 0.5) is 0 Å². The van der Waals surface area contributed by atoms with Crippen LogP contribution in [0.25, 0.3) is 5.65 Å². The van der Waals surface area contributed by atoms with Gasteiger partial charge in [0.1, 0.15) is 5.65 Å². The molecule has 146 valence electrons. The van der Waals surface area contributed by atoms with Crippen LogP contribution in [0.1, 0.15) is 53.1 Å². The lowest BCUT2D eigenvalue weighted by Gasteiger charge is -2.35. The van der Waals surface area contributed by atoms with Gasteiger partial charge in [0.25, 0.3) is 5.56 Å². The highest BCUT2D eigenvalue weighted by Crippen LogP contribution is 2.34. The molecule has 2 atom stereocenters. The van der Waals surface area contributed by atoms with Gasteiger partial charge in [-0.25, -0.2) is 4.79 Å². The summed E-state index contributed by atoms with van der Waals surface area (Å²) < 4.78 is 1.40. The minimum Gasteiger partial charge on any atom is -0.363 e. The van der Waals surface area contributed by atoms with E-state index < -0.39 is 0 Å². The van der Waals surface area contributed by atoms with Gasteiger partial charge in [0.2, 0.25) is 0 Å². The van der Waals surface area contributed by atoms with Gasteiger partial charge >= 0.3 is 5.97 Å². The van der Waals surface area contributed by atoms with E-state index in [4.69, 9.17) is 4.84 Å². The quantitative estimate of drug-likeness (QED) is 0.755. The fourth-order valence-corrected chi connectivity index (χ4v) is 3.64. The summed E-state index contributed by atoms with van der Waals surface area (Å²) in [5, 5.41) is 6.25. The second-order valence-electron chi connectivity index (χ2n) is 7.58. The maximum absolute atomic E-state index is 12.5. The minimum atomic E-state index is -0.383. The Hall–Kier alpha value is -2.93. The number of aromatic amines is 1.